The Hall–Kier alpha value is -4.30. The van der Waals surface area contributed by atoms with Gasteiger partial charge in [-0.15, -0.1) is 0 Å². The van der Waals surface area contributed by atoms with Crippen LogP contribution in [-0.4, -0.2) is 22.5 Å². The zero-order chi connectivity index (χ0) is 24.9. The van der Waals surface area contributed by atoms with Gasteiger partial charge in [0.25, 0.3) is 0 Å². The highest BCUT2D eigenvalue weighted by Gasteiger charge is 2.21. The number of para-hydroxylation sites is 1. The van der Waals surface area contributed by atoms with Crippen LogP contribution in [0.3, 0.4) is 0 Å². The molecule has 2 N–H and O–H groups in total. The first kappa shape index (κ1) is 23.8. The number of nitrogens with one attached hydrogen (secondary N) is 1. The van der Waals surface area contributed by atoms with Crippen molar-refractivity contribution in [3.05, 3.63) is 89.1 Å². The number of ether oxygens (including phenoxy) is 2. The number of anilines is 1. The Bertz CT molecular complexity index is 1370. The van der Waals surface area contributed by atoms with Crippen LogP contribution < -0.4 is 10.1 Å². The SMILES string of the molecule is Cc1onc(-c2ccc(-c3ccccc3OC(=O)O)cc2)c1NC(=O)OC(C)c1ccccc1Cl. The summed E-state index contributed by atoms with van der Waals surface area (Å²) in [5.74, 6) is 0.634. The zero-order valence-electron chi connectivity index (χ0n) is 18.8. The van der Waals surface area contributed by atoms with Crippen LogP contribution in [0.1, 0.15) is 24.4 Å². The first-order chi connectivity index (χ1) is 16.8. The predicted octanol–water partition coefficient (Wildman–Crippen LogP) is 7.34. The highest BCUT2D eigenvalue weighted by atomic mass is 35.5. The monoisotopic (exact) mass is 492 g/mol. The molecule has 0 saturated heterocycles. The lowest BCUT2D eigenvalue weighted by molar-refractivity contribution is 0.121. The lowest BCUT2D eigenvalue weighted by Gasteiger charge is -2.15. The quantitative estimate of drug-likeness (QED) is 0.214. The Balaban J connectivity index is 1.53. The fourth-order valence-corrected chi connectivity index (χ4v) is 3.86. The summed E-state index contributed by atoms with van der Waals surface area (Å²) in [6, 6.07) is 21.1. The Labute approximate surface area is 206 Å². The number of rotatable bonds is 6. The number of halogens is 1. The molecule has 1 heterocycles. The number of hydrogen-bond donors (Lipinski definition) is 2. The van der Waals surface area contributed by atoms with E-state index in [1.54, 1.807) is 80.6 Å². The number of carboxylic acid groups (broad SMARTS) is 1. The van der Waals surface area contributed by atoms with Crippen LogP contribution in [-0.2, 0) is 4.74 Å². The summed E-state index contributed by atoms with van der Waals surface area (Å²) in [6.45, 7) is 3.41. The van der Waals surface area contributed by atoms with Gasteiger partial charge in [-0.05, 0) is 31.5 Å². The van der Waals surface area contributed by atoms with Crippen molar-refractivity contribution in [2.75, 3.05) is 5.32 Å². The van der Waals surface area contributed by atoms with E-state index < -0.39 is 18.4 Å². The molecule has 35 heavy (non-hydrogen) atoms. The van der Waals surface area contributed by atoms with E-state index in [1.165, 1.54) is 0 Å². The molecule has 1 aromatic heterocycles. The number of carbonyl (C=O) groups excluding carboxylic acids is 1. The fourth-order valence-electron chi connectivity index (χ4n) is 3.57. The molecular formula is C26H21ClN2O6. The molecule has 0 saturated carbocycles. The standard InChI is InChI=1S/C26H21ClN2O6/c1-15(19-7-3-5-9-21(19)27)33-25(30)28-23-16(2)35-29-24(23)18-13-11-17(12-14-18)20-8-4-6-10-22(20)34-26(31)32/h3-15H,1-2H3,(H,28,30)(H,31,32). The van der Waals surface area contributed by atoms with Crippen molar-refractivity contribution in [2.45, 2.75) is 20.0 Å². The van der Waals surface area contributed by atoms with Gasteiger partial charge in [0.05, 0.1) is 0 Å². The Morgan fingerprint density at radius 1 is 1.00 bits per heavy atom. The van der Waals surface area contributed by atoms with Crippen molar-refractivity contribution >= 4 is 29.5 Å². The predicted molar refractivity (Wildman–Crippen MR) is 131 cm³/mol. The summed E-state index contributed by atoms with van der Waals surface area (Å²) < 4.78 is 15.7. The largest absolute Gasteiger partial charge is 0.511 e. The molecule has 1 atom stereocenters. The molecule has 0 bridgehead atoms. The molecule has 4 rings (SSSR count). The topological polar surface area (TPSA) is 111 Å². The van der Waals surface area contributed by atoms with Gasteiger partial charge in [0.15, 0.2) is 5.76 Å². The summed E-state index contributed by atoms with van der Waals surface area (Å²) >= 11 is 6.19. The molecule has 0 aliphatic rings. The maximum Gasteiger partial charge on any atom is 0.511 e. The lowest BCUT2D eigenvalue weighted by Crippen LogP contribution is -2.17. The van der Waals surface area contributed by atoms with Gasteiger partial charge < -0.3 is 19.1 Å². The van der Waals surface area contributed by atoms with Crippen LogP contribution in [0.2, 0.25) is 5.02 Å². The zero-order valence-corrected chi connectivity index (χ0v) is 19.6. The van der Waals surface area contributed by atoms with Crippen molar-refractivity contribution in [1.29, 1.82) is 0 Å². The molecule has 8 nitrogen and oxygen atoms in total. The van der Waals surface area contributed by atoms with E-state index in [0.717, 1.165) is 5.56 Å². The van der Waals surface area contributed by atoms with Crippen LogP contribution in [0.5, 0.6) is 5.75 Å². The maximum atomic E-state index is 12.6. The third-order valence-corrected chi connectivity index (χ3v) is 5.61. The molecule has 0 aliphatic carbocycles. The van der Waals surface area contributed by atoms with Crippen LogP contribution >= 0.6 is 11.6 Å². The molecule has 4 aromatic rings. The van der Waals surface area contributed by atoms with Crippen molar-refractivity contribution in [2.24, 2.45) is 0 Å². The van der Waals surface area contributed by atoms with E-state index in [2.05, 4.69) is 10.5 Å². The fraction of sp³-hybridized carbons (Fsp3) is 0.115. The minimum atomic E-state index is -1.39. The van der Waals surface area contributed by atoms with E-state index in [0.29, 0.717) is 38.9 Å². The summed E-state index contributed by atoms with van der Waals surface area (Å²) in [6.07, 6.45) is -2.64. The van der Waals surface area contributed by atoms with Gasteiger partial charge in [0.1, 0.15) is 23.2 Å². The van der Waals surface area contributed by atoms with Crippen molar-refractivity contribution < 1.29 is 28.7 Å². The van der Waals surface area contributed by atoms with E-state index in [-0.39, 0.29) is 5.75 Å². The van der Waals surface area contributed by atoms with E-state index in [4.69, 9.17) is 30.7 Å². The van der Waals surface area contributed by atoms with E-state index in [1.807, 2.05) is 6.07 Å². The number of amides is 1. The molecule has 1 unspecified atom stereocenters. The molecule has 0 radical (unpaired) electrons. The summed E-state index contributed by atoms with van der Waals surface area (Å²) in [7, 11) is 0. The van der Waals surface area contributed by atoms with Crippen molar-refractivity contribution in [3.8, 4) is 28.1 Å². The van der Waals surface area contributed by atoms with Gasteiger partial charge >= 0.3 is 12.2 Å². The van der Waals surface area contributed by atoms with Gasteiger partial charge in [-0.1, -0.05) is 77.4 Å². The van der Waals surface area contributed by atoms with Gasteiger partial charge in [-0.25, -0.2) is 9.59 Å². The first-order valence-electron chi connectivity index (χ1n) is 10.6. The highest BCUT2D eigenvalue weighted by molar-refractivity contribution is 6.31. The second-order valence-electron chi connectivity index (χ2n) is 7.60. The third-order valence-electron chi connectivity index (χ3n) is 5.27. The number of benzene rings is 3. The second-order valence-corrected chi connectivity index (χ2v) is 8.01. The van der Waals surface area contributed by atoms with Gasteiger partial charge in [0, 0.05) is 21.7 Å². The van der Waals surface area contributed by atoms with Crippen molar-refractivity contribution in [1.82, 2.24) is 5.16 Å². The molecule has 0 aliphatic heterocycles. The molecular weight excluding hydrogens is 472 g/mol. The minimum absolute atomic E-state index is 0.225. The van der Waals surface area contributed by atoms with Gasteiger partial charge in [-0.2, -0.15) is 0 Å². The Morgan fingerprint density at radius 3 is 2.37 bits per heavy atom. The average molecular weight is 493 g/mol. The molecule has 0 fully saturated rings. The Kier molecular flexibility index (Phi) is 7.03. The molecule has 9 heteroatoms. The maximum absolute atomic E-state index is 12.6. The molecule has 0 spiro atoms. The summed E-state index contributed by atoms with van der Waals surface area (Å²) in [4.78, 5) is 23.6. The number of aromatic nitrogens is 1. The Morgan fingerprint density at radius 2 is 1.66 bits per heavy atom. The average Bonchev–Trinajstić information content (AvgIpc) is 3.19. The molecule has 3 aromatic carbocycles. The minimum Gasteiger partial charge on any atom is -0.449 e. The highest BCUT2D eigenvalue weighted by Crippen LogP contribution is 2.35. The van der Waals surface area contributed by atoms with E-state index in [9.17, 15) is 9.59 Å². The summed E-state index contributed by atoms with van der Waals surface area (Å²) in [5.41, 5.74) is 3.53. The normalized spacial score (nSPS) is 11.5. The number of aryl methyl sites for hydroxylation is 1. The molecule has 1 amide bonds. The van der Waals surface area contributed by atoms with E-state index >= 15 is 0 Å². The first-order valence-corrected chi connectivity index (χ1v) is 11.0. The van der Waals surface area contributed by atoms with Crippen LogP contribution in [0.4, 0.5) is 15.3 Å². The lowest BCUT2D eigenvalue weighted by atomic mass is 10.0. The third kappa shape index (κ3) is 5.44. The number of hydrogen-bond acceptors (Lipinski definition) is 6. The second kappa shape index (κ2) is 10.3. The van der Waals surface area contributed by atoms with Gasteiger partial charge in [-0.3, -0.25) is 5.32 Å². The van der Waals surface area contributed by atoms with Gasteiger partial charge in [0.2, 0.25) is 0 Å². The van der Waals surface area contributed by atoms with Crippen LogP contribution in [0.25, 0.3) is 22.4 Å². The summed E-state index contributed by atoms with van der Waals surface area (Å²) in [5, 5.41) is 16.3. The van der Waals surface area contributed by atoms with Crippen LogP contribution in [0, 0.1) is 6.92 Å². The smallest absolute Gasteiger partial charge is 0.449 e. The van der Waals surface area contributed by atoms with Crippen molar-refractivity contribution in [3.63, 3.8) is 0 Å². The number of carbonyl (C=O) groups is 2. The molecule has 178 valence electrons. The van der Waals surface area contributed by atoms with Crippen LogP contribution in [0.15, 0.2) is 77.3 Å². The number of nitrogens with zero attached hydrogens (tertiary/aromatic N) is 1.